The largest absolute Gasteiger partial charge is 0.348 e. The summed E-state index contributed by atoms with van der Waals surface area (Å²) in [7, 11) is -4.09. The van der Waals surface area contributed by atoms with Crippen LogP contribution in [0, 0.1) is 6.92 Å². The number of halogens is 2. The Morgan fingerprint density at radius 3 is 2.24 bits per heavy atom. The fourth-order valence-corrected chi connectivity index (χ4v) is 5.22. The molecule has 0 unspecified atom stereocenters. The van der Waals surface area contributed by atoms with Crippen molar-refractivity contribution in [2.45, 2.75) is 38.1 Å². The van der Waals surface area contributed by atoms with Crippen LogP contribution in [0.15, 0.2) is 71.6 Å². The van der Waals surface area contributed by atoms with Crippen molar-refractivity contribution in [1.29, 1.82) is 0 Å². The van der Waals surface area contributed by atoms with Gasteiger partial charge in [0.2, 0.25) is 5.91 Å². The van der Waals surface area contributed by atoms with Gasteiger partial charge in [0.1, 0.15) is 6.54 Å². The van der Waals surface area contributed by atoms with Crippen molar-refractivity contribution >= 4 is 44.8 Å². The normalized spacial score (nSPS) is 12.3. The van der Waals surface area contributed by atoms with Crippen LogP contribution < -0.4 is 9.62 Å². The summed E-state index contributed by atoms with van der Waals surface area (Å²) in [6, 6.07) is 18.6. The lowest BCUT2D eigenvalue weighted by Crippen LogP contribution is -2.41. The summed E-state index contributed by atoms with van der Waals surface area (Å²) in [4.78, 5) is 13.0. The van der Waals surface area contributed by atoms with Gasteiger partial charge in [-0.2, -0.15) is 0 Å². The highest BCUT2D eigenvalue weighted by Gasteiger charge is 2.29. The molecule has 3 aromatic rings. The second-order valence-electron chi connectivity index (χ2n) is 7.80. The third-order valence-corrected chi connectivity index (χ3v) is 7.67. The van der Waals surface area contributed by atoms with Crippen LogP contribution in [0.3, 0.4) is 0 Å². The molecule has 0 saturated carbocycles. The Morgan fingerprint density at radius 2 is 1.64 bits per heavy atom. The van der Waals surface area contributed by atoms with Gasteiger partial charge in [-0.1, -0.05) is 72.1 Å². The van der Waals surface area contributed by atoms with Crippen LogP contribution in [0.1, 0.15) is 36.6 Å². The number of sulfonamides is 1. The lowest BCUT2D eigenvalue weighted by molar-refractivity contribution is -0.120. The molecule has 3 aromatic carbocycles. The molecule has 0 saturated heterocycles. The molecule has 0 aliphatic heterocycles. The maximum Gasteiger partial charge on any atom is 0.264 e. The number of aryl methyl sites for hydroxylation is 2. The first kappa shape index (κ1) is 25.1. The average Bonchev–Trinajstić information content (AvgIpc) is 2.79. The molecule has 5 nitrogen and oxygen atoms in total. The van der Waals surface area contributed by atoms with E-state index in [0.29, 0.717) is 5.02 Å². The number of benzene rings is 3. The number of anilines is 1. The third kappa shape index (κ3) is 6.08. The summed E-state index contributed by atoms with van der Waals surface area (Å²) in [6.07, 6.45) is 0.924. The molecule has 0 fully saturated rings. The predicted octanol–water partition coefficient (Wildman–Crippen LogP) is 5.94. The van der Waals surface area contributed by atoms with Gasteiger partial charge in [-0.05, 0) is 61.7 Å². The molecule has 0 spiro atoms. The summed E-state index contributed by atoms with van der Waals surface area (Å²) in [5.74, 6) is -0.464. The Morgan fingerprint density at radius 1 is 1.00 bits per heavy atom. The minimum absolute atomic E-state index is 0.0557. The lowest BCUT2D eigenvalue weighted by atomic mass is 10.1. The monoisotopic (exact) mass is 504 g/mol. The van der Waals surface area contributed by atoms with Gasteiger partial charge in [-0.25, -0.2) is 8.42 Å². The van der Waals surface area contributed by atoms with E-state index in [2.05, 4.69) is 12.2 Å². The van der Waals surface area contributed by atoms with Crippen molar-refractivity contribution < 1.29 is 13.2 Å². The Hall–Kier alpha value is -2.54. The predicted molar refractivity (Wildman–Crippen MR) is 135 cm³/mol. The maximum atomic E-state index is 13.5. The van der Waals surface area contributed by atoms with Gasteiger partial charge in [0, 0.05) is 5.02 Å². The molecule has 0 radical (unpaired) electrons. The fraction of sp³-hybridized carbons (Fsp3) is 0.240. The SMILES string of the molecule is CCc1ccc([C@H](C)NC(=O)CN(c2cc(Cl)ccc2Cl)S(=O)(=O)c2ccc(C)cc2)cc1. The maximum absolute atomic E-state index is 13.5. The quantitative estimate of drug-likeness (QED) is 0.412. The molecule has 1 amide bonds. The van der Waals surface area contributed by atoms with Gasteiger partial charge >= 0.3 is 0 Å². The molecule has 33 heavy (non-hydrogen) atoms. The highest BCUT2D eigenvalue weighted by molar-refractivity contribution is 7.92. The van der Waals surface area contributed by atoms with Crippen molar-refractivity contribution in [3.63, 3.8) is 0 Å². The van der Waals surface area contributed by atoms with Crippen LogP contribution in [-0.4, -0.2) is 20.9 Å². The molecular formula is C25H26Cl2N2O3S. The van der Waals surface area contributed by atoms with Gasteiger partial charge in [0.15, 0.2) is 0 Å². The molecule has 3 rings (SSSR count). The summed E-state index contributed by atoms with van der Waals surface area (Å²) in [5, 5.41) is 3.36. The number of carbonyl (C=O) groups is 1. The second-order valence-corrected chi connectivity index (χ2v) is 10.5. The fourth-order valence-electron chi connectivity index (χ4n) is 3.36. The van der Waals surface area contributed by atoms with E-state index in [0.717, 1.165) is 21.9 Å². The minimum atomic E-state index is -4.09. The molecular weight excluding hydrogens is 479 g/mol. The van der Waals surface area contributed by atoms with Crippen LogP contribution in [0.2, 0.25) is 10.0 Å². The zero-order valence-electron chi connectivity index (χ0n) is 18.7. The zero-order valence-corrected chi connectivity index (χ0v) is 21.0. The summed E-state index contributed by atoms with van der Waals surface area (Å²) in [5.41, 5.74) is 3.18. The van der Waals surface area contributed by atoms with Gasteiger partial charge in [-0.15, -0.1) is 0 Å². The number of hydrogen-bond acceptors (Lipinski definition) is 3. The van der Waals surface area contributed by atoms with E-state index in [4.69, 9.17) is 23.2 Å². The van der Waals surface area contributed by atoms with Crippen LogP contribution in [-0.2, 0) is 21.2 Å². The van der Waals surface area contributed by atoms with Crippen molar-refractivity contribution in [1.82, 2.24) is 5.32 Å². The smallest absolute Gasteiger partial charge is 0.264 e. The number of amides is 1. The first-order chi connectivity index (χ1) is 15.6. The Labute approximate surface area is 205 Å². The Balaban J connectivity index is 1.91. The van der Waals surface area contributed by atoms with Crippen molar-refractivity contribution in [3.8, 4) is 0 Å². The van der Waals surface area contributed by atoms with Gasteiger partial charge < -0.3 is 5.32 Å². The van der Waals surface area contributed by atoms with E-state index in [-0.39, 0.29) is 21.6 Å². The molecule has 0 aliphatic rings. The number of hydrogen-bond donors (Lipinski definition) is 1. The number of nitrogens with zero attached hydrogens (tertiary/aromatic N) is 1. The highest BCUT2D eigenvalue weighted by Crippen LogP contribution is 2.33. The van der Waals surface area contributed by atoms with E-state index >= 15 is 0 Å². The summed E-state index contributed by atoms with van der Waals surface area (Å²) >= 11 is 12.4. The lowest BCUT2D eigenvalue weighted by Gasteiger charge is -2.26. The molecule has 0 aliphatic carbocycles. The summed E-state index contributed by atoms with van der Waals surface area (Å²) < 4.78 is 28.0. The summed E-state index contributed by atoms with van der Waals surface area (Å²) in [6.45, 7) is 5.34. The zero-order chi connectivity index (χ0) is 24.2. The van der Waals surface area contributed by atoms with Crippen molar-refractivity contribution in [2.75, 3.05) is 10.8 Å². The van der Waals surface area contributed by atoms with Gasteiger partial charge in [0.25, 0.3) is 10.0 Å². The molecule has 0 heterocycles. The molecule has 0 bridgehead atoms. The van der Waals surface area contributed by atoms with Crippen LogP contribution in [0.4, 0.5) is 5.69 Å². The van der Waals surface area contributed by atoms with Crippen molar-refractivity contribution in [3.05, 3.63) is 93.5 Å². The number of nitrogens with one attached hydrogen (secondary N) is 1. The van der Waals surface area contributed by atoms with Crippen molar-refractivity contribution in [2.24, 2.45) is 0 Å². The third-order valence-electron chi connectivity index (χ3n) is 5.34. The first-order valence-electron chi connectivity index (χ1n) is 10.5. The van der Waals surface area contributed by atoms with Crippen LogP contribution >= 0.6 is 23.2 Å². The molecule has 0 aromatic heterocycles. The van der Waals surface area contributed by atoms with E-state index in [1.807, 2.05) is 38.1 Å². The van der Waals surface area contributed by atoms with E-state index in [9.17, 15) is 13.2 Å². The van der Waals surface area contributed by atoms with Gasteiger partial charge in [0.05, 0.1) is 21.6 Å². The molecule has 8 heteroatoms. The molecule has 1 N–H and O–H groups in total. The molecule has 174 valence electrons. The van der Waals surface area contributed by atoms with E-state index in [1.54, 1.807) is 18.2 Å². The second kappa shape index (κ2) is 10.6. The standard InChI is InChI=1S/C25H26Cl2N2O3S/c1-4-19-7-9-20(10-8-19)18(3)28-25(30)16-29(24-15-21(26)11-14-23(24)27)33(31,32)22-12-5-17(2)6-13-22/h5-15,18H,4,16H2,1-3H3,(H,28,30)/t18-/m0/s1. The first-order valence-corrected chi connectivity index (χ1v) is 12.7. The van der Waals surface area contributed by atoms with Crippen LogP contribution in [0.5, 0.6) is 0 Å². The average molecular weight is 505 g/mol. The van der Waals surface area contributed by atoms with E-state index < -0.39 is 22.5 Å². The Kier molecular flexibility index (Phi) is 8.05. The molecule has 1 atom stereocenters. The number of carbonyl (C=O) groups excluding carboxylic acids is 1. The van der Waals surface area contributed by atoms with Gasteiger partial charge in [-0.3, -0.25) is 9.10 Å². The topological polar surface area (TPSA) is 66.5 Å². The number of rotatable bonds is 8. The highest BCUT2D eigenvalue weighted by atomic mass is 35.5. The van der Waals surface area contributed by atoms with E-state index in [1.165, 1.54) is 29.8 Å². The minimum Gasteiger partial charge on any atom is -0.348 e. The Bertz CT molecular complexity index is 1230. The van der Waals surface area contributed by atoms with Crippen LogP contribution in [0.25, 0.3) is 0 Å².